The van der Waals surface area contributed by atoms with Crippen molar-refractivity contribution in [3.63, 3.8) is 0 Å². The summed E-state index contributed by atoms with van der Waals surface area (Å²) in [5.41, 5.74) is 9.70. The van der Waals surface area contributed by atoms with E-state index in [1.165, 1.54) is 48.4 Å². The number of hydrogen-bond acceptors (Lipinski definition) is 4. The van der Waals surface area contributed by atoms with E-state index in [9.17, 15) is 0 Å². The molecule has 104 valence electrons. The van der Waals surface area contributed by atoms with Gasteiger partial charge in [-0.3, -0.25) is 0 Å². The number of nitrogens with zero attached hydrogens (tertiary/aromatic N) is 2. The summed E-state index contributed by atoms with van der Waals surface area (Å²) in [5.74, 6) is 2.98. The minimum atomic E-state index is 0.532. The molecular weight excluding hydrogens is 254 g/mol. The van der Waals surface area contributed by atoms with Crippen molar-refractivity contribution >= 4 is 11.8 Å². The first-order chi connectivity index (χ1) is 9.28. The van der Waals surface area contributed by atoms with Gasteiger partial charge in [0.2, 0.25) is 0 Å². The topological polar surface area (TPSA) is 51.8 Å². The first-order valence-electron chi connectivity index (χ1n) is 7.46. The standard InChI is InChI=1S/C15H23N3S/c1-10-12-8-11(9-16)5-6-13(12)18-15(17-10)14-4-2-3-7-19-14/h11,14H,2-9,16H2,1H3. The van der Waals surface area contributed by atoms with Crippen LogP contribution in [-0.4, -0.2) is 22.3 Å². The first kappa shape index (κ1) is 13.4. The highest BCUT2D eigenvalue weighted by molar-refractivity contribution is 7.99. The normalized spacial score (nSPS) is 27.1. The van der Waals surface area contributed by atoms with E-state index in [1.54, 1.807) is 0 Å². The molecule has 1 aromatic heterocycles. The Kier molecular flexibility index (Phi) is 4.08. The fourth-order valence-electron chi connectivity index (χ4n) is 3.17. The lowest BCUT2D eigenvalue weighted by Gasteiger charge is -2.26. The summed E-state index contributed by atoms with van der Waals surface area (Å²) in [7, 11) is 0. The third-order valence-corrected chi connectivity index (χ3v) is 5.77. The highest BCUT2D eigenvalue weighted by Crippen LogP contribution is 2.37. The van der Waals surface area contributed by atoms with Gasteiger partial charge in [0.15, 0.2) is 0 Å². The Morgan fingerprint density at radius 3 is 2.89 bits per heavy atom. The van der Waals surface area contributed by atoms with E-state index in [1.807, 2.05) is 11.8 Å². The van der Waals surface area contributed by atoms with Gasteiger partial charge >= 0.3 is 0 Å². The molecular formula is C15H23N3S. The summed E-state index contributed by atoms with van der Waals surface area (Å²) >= 11 is 2.04. The van der Waals surface area contributed by atoms with E-state index in [0.717, 1.165) is 25.2 Å². The van der Waals surface area contributed by atoms with Crippen molar-refractivity contribution in [2.24, 2.45) is 11.7 Å². The van der Waals surface area contributed by atoms with Gasteiger partial charge in [-0.2, -0.15) is 11.8 Å². The number of aromatic nitrogens is 2. The zero-order valence-corrected chi connectivity index (χ0v) is 12.5. The molecule has 0 radical (unpaired) electrons. The predicted octanol–water partition coefficient (Wildman–Crippen LogP) is 2.81. The second-order valence-electron chi connectivity index (χ2n) is 5.79. The second kappa shape index (κ2) is 5.80. The van der Waals surface area contributed by atoms with E-state index in [4.69, 9.17) is 15.7 Å². The van der Waals surface area contributed by atoms with Gasteiger partial charge in [-0.15, -0.1) is 0 Å². The van der Waals surface area contributed by atoms with Crippen molar-refractivity contribution in [1.82, 2.24) is 9.97 Å². The highest BCUT2D eigenvalue weighted by Gasteiger charge is 2.25. The smallest absolute Gasteiger partial charge is 0.141 e. The van der Waals surface area contributed by atoms with Crippen molar-refractivity contribution < 1.29 is 0 Å². The van der Waals surface area contributed by atoms with Gasteiger partial charge in [0.25, 0.3) is 0 Å². The summed E-state index contributed by atoms with van der Waals surface area (Å²) in [5, 5.41) is 0.532. The number of fused-ring (bicyclic) bond motifs is 1. The molecule has 2 atom stereocenters. The third-order valence-electron chi connectivity index (χ3n) is 4.40. The molecule has 0 aromatic carbocycles. The zero-order chi connectivity index (χ0) is 13.2. The summed E-state index contributed by atoms with van der Waals surface area (Å²) in [6, 6.07) is 0. The van der Waals surface area contributed by atoms with Gasteiger partial charge in [-0.25, -0.2) is 9.97 Å². The fourth-order valence-corrected chi connectivity index (χ4v) is 4.42. The minimum Gasteiger partial charge on any atom is -0.330 e. The van der Waals surface area contributed by atoms with Gasteiger partial charge < -0.3 is 5.73 Å². The van der Waals surface area contributed by atoms with Crippen LogP contribution in [0.15, 0.2) is 0 Å². The molecule has 1 saturated heterocycles. The van der Waals surface area contributed by atoms with E-state index in [0.29, 0.717) is 11.2 Å². The maximum absolute atomic E-state index is 5.81. The zero-order valence-electron chi connectivity index (χ0n) is 11.7. The quantitative estimate of drug-likeness (QED) is 0.903. The average Bonchev–Trinajstić information content (AvgIpc) is 2.48. The average molecular weight is 277 g/mol. The number of rotatable bonds is 2. The van der Waals surface area contributed by atoms with Crippen LogP contribution in [0.25, 0.3) is 0 Å². The van der Waals surface area contributed by atoms with E-state index in [-0.39, 0.29) is 0 Å². The van der Waals surface area contributed by atoms with Gasteiger partial charge in [-0.05, 0) is 62.8 Å². The highest BCUT2D eigenvalue weighted by atomic mass is 32.2. The molecule has 1 fully saturated rings. The Bertz CT molecular complexity index is 455. The molecule has 2 unspecified atom stereocenters. The van der Waals surface area contributed by atoms with Crippen LogP contribution in [0, 0.1) is 12.8 Å². The fraction of sp³-hybridized carbons (Fsp3) is 0.733. The number of thioether (sulfide) groups is 1. The molecule has 3 rings (SSSR count). The van der Waals surface area contributed by atoms with Crippen molar-refractivity contribution in [3.8, 4) is 0 Å². The summed E-state index contributed by atoms with van der Waals surface area (Å²) in [6.45, 7) is 2.94. The Labute approximate surface area is 119 Å². The van der Waals surface area contributed by atoms with Crippen molar-refractivity contribution in [2.45, 2.75) is 50.7 Å². The molecule has 4 heteroatoms. The van der Waals surface area contributed by atoms with Crippen LogP contribution < -0.4 is 5.73 Å². The maximum Gasteiger partial charge on any atom is 0.141 e. The molecule has 19 heavy (non-hydrogen) atoms. The van der Waals surface area contributed by atoms with Crippen LogP contribution in [-0.2, 0) is 12.8 Å². The monoisotopic (exact) mass is 277 g/mol. The second-order valence-corrected chi connectivity index (χ2v) is 7.10. The minimum absolute atomic E-state index is 0.532. The Morgan fingerprint density at radius 1 is 1.26 bits per heavy atom. The lowest BCUT2D eigenvalue weighted by Crippen LogP contribution is -2.25. The third kappa shape index (κ3) is 2.79. The molecule has 0 amide bonds. The van der Waals surface area contributed by atoms with E-state index in [2.05, 4.69) is 6.92 Å². The lowest BCUT2D eigenvalue weighted by atomic mass is 9.86. The lowest BCUT2D eigenvalue weighted by molar-refractivity contribution is 0.457. The SMILES string of the molecule is Cc1nc(C2CCCCS2)nc2c1CC(CN)CC2. The Hall–Kier alpha value is -0.610. The molecule has 1 aromatic rings. The van der Waals surface area contributed by atoms with Crippen molar-refractivity contribution in [2.75, 3.05) is 12.3 Å². The largest absolute Gasteiger partial charge is 0.330 e. The van der Waals surface area contributed by atoms with Crippen molar-refractivity contribution in [1.29, 1.82) is 0 Å². The van der Waals surface area contributed by atoms with Gasteiger partial charge in [0.05, 0.1) is 5.25 Å². The van der Waals surface area contributed by atoms with E-state index < -0.39 is 0 Å². The van der Waals surface area contributed by atoms with Crippen LogP contribution in [0.1, 0.15) is 53.7 Å². The van der Waals surface area contributed by atoms with Crippen LogP contribution in [0.3, 0.4) is 0 Å². The first-order valence-corrected chi connectivity index (χ1v) is 8.50. The summed E-state index contributed by atoms with van der Waals surface area (Å²) in [4.78, 5) is 9.70. The predicted molar refractivity (Wildman–Crippen MR) is 80.4 cm³/mol. The van der Waals surface area contributed by atoms with Crippen LogP contribution in [0.5, 0.6) is 0 Å². The molecule has 0 spiro atoms. The van der Waals surface area contributed by atoms with Gasteiger partial charge in [0.1, 0.15) is 5.82 Å². The summed E-state index contributed by atoms with van der Waals surface area (Å²) < 4.78 is 0. The summed E-state index contributed by atoms with van der Waals surface area (Å²) in [6.07, 6.45) is 7.28. The molecule has 2 heterocycles. The van der Waals surface area contributed by atoms with Crippen LogP contribution >= 0.6 is 11.8 Å². The number of aryl methyl sites for hydroxylation is 2. The van der Waals surface area contributed by atoms with Gasteiger partial charge in [-0.1, -0.05) is 6.42 Å². The van der Waals surface area contributed by atoms with Crippen LogP contribution in [0.4, 0.5) is 0 Å². The maximum atomic E-state index is 5.81. The molecule has 2 aliphatic rings. The van der Waals surface area contributed by atoms with E-state index >= 15 is 0 Å². The molecule has 1 aliphatic heterocycles. The molecule has 3 nitrogen and oxygen atoms in total. The number of hydrogen-bond donors (Lipinski definition) is 1. The number of nitrogens with two attached hydrogens (primary N) is 1. The molecule has 0 bridgehead atoms. The van der Waals surface area contributed by atoms with Crippen molar-refractivity contribution in [3.05, 3.63) is 22.8 Å². The Morgan fingerprint density at radius 2 is 2.16 bits per heavy atom. The molecule has 0 saturated carbocycles. The molecule has 2 N–H and O–H groups in total. The van der Waals surface area contributed by atoms with Crippen LogP contribution in [0.2, 0.25) is 0 Å². The molecule has 1 aliphatic carbocycles. The Balaban J connectivity index is 1.87. The van der Waals surface area contributed by atoms with Gasteiger partial charge in [0, 0.05) is 11.4 Å².